The highest BCUT2D eigenvalue weighted by atomic mass is 32.2. The van der Waals surface area contributed by atoms with E-state index >= 15 is 0 Å². The van der Waals surface area contributed by atoms with Gasteiger partial charge in [0.1, 0.15) is 0 Å². The highest BCUT2D eigenvalue weighted by Gasteiger charge is 2.33. The predicted molar refractivity (Wildman–Crippen MR) is 108 cm³/mol. The molecule has 1 heterocycles. The molecule has 6 nitrogen and oxygen atoms in total. The topological polar surface area (TPSA) is 69.7 Å². The van der Waals surface area contributed by atoms with Gasteiger partial charge in [0.2, 0.25) is 15.9 Å². The summed E-state index contributed by atoms with van der Waals surface area (Å²) in [5.74, 6) is -0.0240. The Kier molecular flexibility index (Phi) is 6.39. The van der Waals surface area contributed by atoms with E-state index in [0.717, 1.165) is 16.7 Å². The van der Waals surface area contributed by atoms with Crippen LogP contribution in [0.1, 0.15) is 44.4 Å². The highest BCUT2D eigenvalue weighted by Crippen LogP contribution is 2.26. The standard InChI is InChI=1S/C20H33N3O3S/c1-14-12-15(2)18(16(3)13-14)27(25,26)23-10-8-22(9-11-23)17(4)19(24)21-20(5,6)7/h12-13,17H,8-11H2,1-7H3,(H,21,24)/t17-/m0/s1. The van der Waals surface area contributed by atoms with Gasteiger partial charge >= 0.3 is 0 Å². The number of benzene rings is 1. The molecule has 0 bridgehead atoms. The van der Waals surface area contributed by atoms with Gasteiger partial charge in [-0.2, -0.15) is 4.31 Å². The fraction of sp³-hybridized carbons (Fsp3) is 0.650. The van der Waals surface area contributed by atoms with Crippen LogP contribution >= 0.6 is 0 Å². The summed E-state index contributed by atoms with van der Waals surface area (Å²) >= 11 is 0. The van der Waals surface area contributed by atoms with Crippen molar-refractivity contribution in [2.45, 2.75) is 64.9 Å². The Morgan fingerprint density at radius 1 is 1.04 bits per heavy atom. The van der Waals surface area contributed by atoms with E-state index in [2.05, 4.69) is 5.32 Å². The quantitative estimate of drug-likeness (QED) is 0.849. The molecule has 1 amide bonds. The van der Waals surface area contributed by atoms with E-state index in [9.17, 15) is 13.2 Å². The second-order valence-electron chi connectivity index (χ2n) is 8.58. The van der Waals surface area contributed by atoms with Crippen molar-refractivity contribution in [3.05, 3.63) is 28.8 Å². The molecule has 0 radical (unpaired) electrons. The lowest BCUT2D eigenvalue weighted by molar-refractivity contribution is -0.127. The van der Waals surface area contributed by atoms with Gasteiger partial charge in [-0.15, -0.1) is 0 Å². The zero-order valence-electron chi connectivity index (χ0n) is 17.6. The average molecular weight is 396 g/mol. The van der Waals surface area contributed by atoms with Crippen LogP contribution in [0.5, 0.6) is 0 Å². The number of carbonyl (C=O) groups is 1. The second kappa shape index (κ2) is 7.89. The van der Waals surface area contributed by atoms with Crippen LogP contribution in [0.3, 0.4) is 0 Å². The minimum Gasteiger partial charge on any atom is -0.350 e. The lowest BCUT2D eigenvalue weighted by Crippen LogP contribution is -2.56. The first-order valence-corrected chi connectivity index (χ1v) is 10.9. The minimum absolute atomic E-state index is 0.0240. The number of nitrogens with one attached hydrogen (secondary N) is 1. The van der Waals surface area contributed by atoms with Gasteiger partial charge in [0.15, 0.2) is 0 Å². The van der Waals surface area contributed by atoms with Crippen LogP contribution in [-0.4, -0.2) is 61.3 Å². The number of carbonyl (C=O) groups excluding carboxylic acids is 1. The van der Waals surface area contributed by atoms with Crippen molar-refractivity contribution >= 4 is 15.9 Å². The lowest BCUT2D eigenvalue weighted by Gasteiger charge is -2.38. The van der Waals surface area contributed by atoms with Crippen LogP contribution in [0.4, 0.5) is 0 Å². The first kappa shape index (κ1) is 21.9. The van der Waals surface area contributed by atoms with E-state index in [-0.39, 0.29) is 17.5 Å². The summed E-state index contributed by atoms with van der Waals surface area (Å²) in [7, 11) is -3.53. The zero-order chi connectivity index (χ0) is 20.6. The fourth-order valence-electron chi connectivity index (χ4n) is 3.67. The first-order chi connectivity index (χ1) is 12.3. The van der Waals surface area contributed by atoms with E-state index < -0.39 is 10.0 Å². The van der Waals surface area contributed by atoms with Gasteiger partial charge in [-0.25, -0.2) is 8.42 Å². The second-order valence-corrected chi connectivity index (χ2v) is 10.5. The molecule has 27 heavy (non-hydrogen) atoms. The van der Waals surface area contributed by atoms with Gasteiger partial charge in [-0.05, 0) is 59.6 Å². The third kappa shape index (κ3) is 5.09. The van der Waals surface area contributed by atoms with E-state index in [4.69, 9.17) is 0 Å². The van der Waals surface area contributed by atoms with Crippen molar-refractivity contribution in [2.75, 3.05) is 26.2 Å². The summed E-state index contributed by atoms with van der Waals surface area (Å²) in [4.78, 5) is 14.9. The number of sulfonamides is 1. The minimum atomic E-state index is -3.53. The van der Waals surface area contributed by atoms with Crippen molar-refractivity contribution in [1.29, 1.82) is 0 Å². The molecule has 0 aromatic heterocycles. The maximum absolute atomic E-state index is 13.2. The molecule has 0 aliphatic carbocycles. The fourth-order valence-corrected chi connectivity index (χ4v) is 5.51. The molecule has 1 fully saturated rings. The van der Waals surface area contributed by atoms with Gasteiger partial charge < -0.3 is 5.32 Å². The van der Waals surface area contributed by atoms with E-state index in [1.54, 1.807) is 4.31 Å². The summed E-state index contributed by atoms with van der Waals surface area (Å²) in [5.41, 5.74) is 2.35. The number of nitrogens with zero attached hydrogens (tertiary/aromatic N) is 2. The molecule has 2 rings (SSSR count). The average Bonchev–Trinajstić information content (AvgIpc) is 2.51. The number of aryl methyl sites for hydroxylation is 3. The summed E-state index contributed by atoms with van der Waals surface area (Å²) in [6, 6.07) is 3.54. The van der Waals surface area contributed by atoms with Crippen LogP contribution in [0.15, 0.2) is 17.0 Å². The van der Waals surface area contributed by atoms with Gasteiger partial charge in [0.05, 0.1) is 10.9 Å². The number of rotatable bonds is 4. The molecule has 1 aliphatic heterocycles. The molecular weight excluding hydrogens is 362 g/mol. The van der Waals surface area contributed by atoms with Crippen molar-refractivity contribution in [3.8, 4) is 0 Å². The van der Waals surface area contributed by atoms with Gasteiger partial charge in [-0.3, -0.25) is 9.69 Å². The van der Waals surface area contributed by atoms with Gasteiger partial charge in [0.25, 0.3) is 0 Å². The Labute approximate surface area is 164 Å². The van der Waals surface area contributed by atoms with Crippen LogP contribution in [0.25, 0.3) is 0 Å². The summed E-state index contributed by atoms with van der Waals surface area (Å²) in [5, 5.41) is 2.99. The monoisotopic (exact) mass is 395 g/mol. The molecule has 1 aromatic carbocycles. The molecule has 152 valence electrons. The molecule has 7 heteroatoms. The van der Waals surface area contributed by atoms with E-state index in [1.165, 1.54) is 0 Å². The predicted octanol–water partition coefficient (Wildman–Crippen LogP) is 2.22. The number of piperazine rings is 1. The Balaban J connectivity index is 2.10. The van der Waals surface area contributed by atoms with Crippen molar-refractivity contribution in [2.24, 2.45) is 0 Å². The maximum atomic E-state index is 13.2. The smallest absolute Gasteiger partial charge is 0.243 e. The van der Waals surface area contributed by atoms with Crippen molar-refractivity contribution in [1.82, 2.24) is 14.5 Å². The molecule has 1 aromatic rings. The molecule has 1 atom stereocenters. The normalized spacial score (nSPS) is 18.3. The number of hydrogen-bond donors (Lipinski definition) is 1. The number of hydrogen-bond acceptors (Lipinski definition) is 4. The SMILES string of the molecule is Cc1cc(C)c(S(=O)(=O)N2CCN([C@@H](C)C(=O)NC(C)(C)C)CC2)c(C)c1. The molecule has 0 unspecified atom stereocenters. The molecule has 0 saturated carbocycles. The Morgan fingerprint density at radius 2 is 1.52 bits per heavy atom. The Hall–Kier alpha value is -1.44. The van der Waals surface area contributed by atoms with Gasteiger partial charge in [-0.1, -0.05) is 17.7 Å². The Morgan fingerprint density at radius 3 is 1.96 bits per heavy atom. The largest absolute Gasteiger partial charge is 0.350 e. The van der Waals surface area contributed by atoms with Crippen LogP contribution in [0, 0.1) is 20.8 Å². The Bertz CT molecular complexity index is 781. The van der Waals surface area contributed by atoms with Crippen molar-refractivity contribution in [3.63, 3.8) is 0 Å². The van der Waals surface area contributed by atoms with Crippen molar-refractivity contribution < 1.29 is 13.2 Å². The summed E-state index contributed by atoms with van der Waals surface area (Å²) in [6.07, 6.45) is 0. The third-order valence-corrected chi connectivity index (χ3v) is 7.11. The lowest BCUT2D eigenvalue weighted by atomic mass is 10.1. The molecule has 1 N–H and O–H groups in total. The first-order valence-electron chi connectivity index (χ1n) is 9.47. The zero-order valence-corrected chi connectivity index (χ0v) is 18.4. The summed E-state index contributed by atoms with van der Waals surface area (Å²) < 4.78 is 27.9. The molecule has 1 aliphatic rings. The van der Waals surface area contributed by atoms with Crippen LogP contribution in [-0.2, 0) is 14.8 Å². The molecule has 1 saturated heterocycles. The van der Waals surface area contributed by atoms with Crippen LogP contribution in [0.2, 0.25) is 0 Å². The summed E-state index contributed by atoms with van der Waals surface area (Å²) in [6.45, 7) is 15.3. The third-order valence-electron chi connectivity index (χ3n) is 4.90. The van der Waals surface area contributed by atoms with Gasteiger partial charge in [0, 0.05) is 31.7 Å². The maximum Gasteiger partial charge on any atom is 0.243 e. The molecule has 0 spiro atoms. The van der Waals surface area contributed by atoms with Crippen LogP contribution < -0.4 is 5.32 Å². The number of amides is 1. The highest BCUT2D eigenvalue weighted by molar-refractivity contribution is 7.89. The van der Waals surface area contributed by atoms with E-state index in [1.807, 2.05) is 65.5 Å². The van der Waals surface area contributed by atoms with E-state index in [0.29, 0.717) is 31.1 Å². The molecular formula is C20H33N3O3S.